The lowest BCUT2D eigenvalue weighted by molar-refractivity contribution is -0.164. The van der Waals surface area contributed by atoms with Gasteiger partial charge in [0.1, 0.15) is 18.0 Å². The average Bonchev–Trinajstić information content (AvgIpc) is 3.24. The number of Topliss-reactive ketones (excluding diaryl/α,β-unsaturated/α-hetero) is 1. The second-order valence-corrected chi connectivity index (χ2v) is 8.97. The molecule has 2 aliphatic carbocycles. The van der Waals surface area contributed by atoms with Crippen molar-refractivity contribution in [1.82, 2.24) is 0 Å². The Bertz CT molecular complexity index is 679. The van der Waals surface area contributed by atoms with E-state index in [4.69, 9.17) is 14.2 Å². The number of carbonyl (C=O) groups is 3. The van der Waals surface area contributed by atoms with Crippen molar-refractivity contribution in [3.05, 3.63) is 12.2 Å². The Balaban J connectivity index is 1.93. The van der Waals surface area contributed by atoms with Crippen LogP contribution in [0.1, 0.15) is 53.9 Å². The quantitative estimate of drug-likeness (QED) is 0.392. The first kappa shape index (κ1) is 21.0. The molecule has 156 valence electrons. The zero-order valence-corrected chi connectivity index (χ0v) is 17.5. The third kappa shape index (κ3) is 3.76. The van der Waals surface area contributed by atoms with Gasteiger partial charge in [-0.3, -0.25) is 14.4 Å². The van der Waals surface area contributed by atoms with Gasteiger partial charge in [0.05, 0.1) is 24.0 Å². The molecular weight excluding hydrogens is 360 g/mol. The molecule has 0 aromatic heterocycles. The highest BCUT2D eigenvalue weighted by atomic mass is 16.6. The summed E-state index contributed by atoms with van der Waals surface area (Å²) in [5.41, 5.74) is 0.515. The molecule has 3 aliphatic rings. The van der Waals surface area contributed by atoms with Gasteiger partial charge >= 0.3 is 11.9 Å². The first-order valence-corrected chi connectivity index (χ1v) is 10.3. The molecule has 3 rings (SSSR count). The molecule has 0 N–H and O–H groups in total. The van der Waals surface area contributed by atoms with Gasteiger partial charge in [0.25, 0.3) is 0 Å². The third-order valence-electron chi connectivity index (χ3n) is 6.92. The third-order valence-corrected chi connectivity index (χ3v) is 6.92. The summed E-state index contributed by atoms with van der Waals surface area (Å²) in [5, 5.41) is 0. The molecule has 0 unspecified atom stereocenters. The molecule has 0 amide bonds. The van der Waals surface area contributed by atoms with Crippen LogP contribution in [-0.2, 0) is 28.6 Å². The fourth-order valence-corrected chi connectivity index (χ4v) is 5.19. The standard InChI is InChI=1S/C22H32O6/c1-7-11(2)21(25)28-17-8-12(3)15-9-16(24)18(13(4)27-14(5)23)19(15)20(17)22(6)10-26-22/h11,13,15,17-20H,3,7-10H2,1-2,4-6H3/t11-,13-,15+,17-,18-,19+,20+,22+/m0/s1. The summed E-state index contributed by atoms with van der Waals surface area (Å²) < 4.78 is 17.1. The molecule has 6 nitrogen and oxygen atoms in total. The molecule has 6 heteroatoms. The van der Waals surface area contributed by atoms with Crippen molar-refractivity contribution in [2.45, 2.75) is 71.7 Å². The van der Waals surface area contributed by atoms with Crippen LogP contribution in [0.3, 0.4) is 0 Å². The summed E-state index contributed by atoms with van der Waals surface area (Å²) in [6.45, 7) is 13.8. The van der Waals surface area contributed by atoms with E-state index in [1.54, 1.807) is 6.92 Å². The van der Waals surface area contributed by atoms with Crippen LogP contribution >= 0.6 is 0 Å². The Labute approximate surface area is 167 Å². The Morgan fingerprint density at radius 2 is 1.96 bits per heavy atom. The topological polar surface area (TPSA) is 82.2 Å². The van der Waals surface area contributed by atoms with Crippen molar-refractivity contribution in [3.8, 4) is 0 Å². The van der Waals surface area contributed by atoms with Crippen LogP contribution in [0.25, 0.3) is 0 Å². The molecule has 8 atom stereocenters. The van der Waals surface area contributed by atoms with E-state index in [0.717, 1.165) is 5.57 Å². The van der Waals surface area contributed by atoms with E-state index in [0.29, 0.717) is 25.9 Å². The number of esters is 2. The average molecular weight is 392 g/mol. The van der Waals surface area contributed by atoms with Gasteiger partial charge in [-0.1, -0.05) is 26.0 Å². The van der Waals surface area contributed by atoms with Gasteiger partial charge in [-0.2, -0.15) is 0 Å². The molecule has 1 heterocycles. The number of fused-ring (bicyclic) bond motifs is 1. The lowest BCUT2D eigenvalue weighted by atomic mass is 9.62. The summed E-state index contributed by atoms with van der Waals surface area (Å²) in [5.74, 6) is -1.35. The molecule has 28 heavy (non-hydrogen) atoms. The molecule has 0 aromatic carbocycles. The molecule has 1 aliphatic heterocycles. The number of rotatable bonds is 6. The predicted molar refractivity (Wildman–Crippen MR) is 102 cm³/mol. The van der Waals surface area contributed by atoms with E-state index in [1.807, 2.05) is 20.8 Å². The lowest BCUT2D eigenvalue weighted by Crippen LogP contribution is -2.50. The van der Waals surface area contributed by atoms with Gasteiger partial charge in [0.2, 0.25) is 0 Å². The van der Waals surface area contributed by atoms with E-state index < -0.39 is 23.6 Å². The zero-order chi connectivity index (χ0) is 20.8. The fraction of sp³-hybridized carbons (Fsp3) is 0.773. The zero-order valence-electron chi connectivity index (χ0n) is 17.5. The molecule has 1 saturated heterocycles. The van der Waals surface area contributed by atoms with Gasteiger partial charge in [-0.05, 0) is 32.1 Å². The lowest BCUT2D eigenvalue weighted by Gasteiger charge is -2.45. The molecule has 0 aromatic rings. The number of epoxide rings is 1. The summed E-state index contributed by atoms with van der Waals surface area (Å²) in [6, 6.07) is 0. The van der Waals surface area contributed by atoms with Crippen LogP contribution in [0.15, 0.2) is 12.2 Å². The second kappa shape index (κ2) is 7.62. The minimum atomic E-state index is -0.526. The summed E-state index contributed by atoms with van der Waals surface area (Å²) in [4.78, 5) is 36.9. The molecule has 2 saturated carbocycles. The van der Waals surface area contributed by atoms with E-state index in [-0.39, 0.29) is 41.5 Å². The molecule has 0 bridgehead atoms. The Morgan fingerprint density at radius 3 is 2.50 bits per heavy atom. The highest BCUT2D eigenvalue weighted by Gasteiger charge is 2.63. The number of ketones is 1. The molecule has 0 radical (unpaired) electrons. The van der Waals surface area contributed by atoms with Gasteiger partial charge in [0.15, 0.2) is 0 Å². The van der Waals surface area contributed by atoms with Gasteiger partial charge in [-0.15, -0.1) is 0 Å². The Morgan fingerprint density at radius 1 is 1.32 bits per heavy atom. The maximum atomic E-state index is 12.9. The van der Waals surface area contributed by atoms with Gasteiger partial charge in [0, 0.05) is 25.7 Å². The summed E-state index contributed by atoms with van der Waals surface area (Å²) in [7, 11) is 0. The van der Waals surface area contributed by atoms with Crippen molar-refractivity contribution in [2.75, 3.05) is 6.61 Å². The van der Waals surface area contributed by atoms with Crippen LogP contribution < -0.4 is 0 Å². The number of carbonyl (C=O) groups excluding carboxylic acids is 3. The molecule has 0 spiro atoms. The van der Waals surface area contributed by atoms with Crippen molar-refractivity contribution in [3.63, 3.8) is 0 Å². The highest BCUT2D eigenvalue weighted by molar-refractivity contribution is 5.85. The second-order valence-electron chi connectivity index (χ2n) is 8.97. The SMILES string of the molecule is C=C1C[C@H](OC(=O)[C@@H](C)CC)[C@@H]([C@@]2(C)CO2)[C@H]2[C@@H]([C@H](C)OC(C)=O)C(=O)C[C@H]12. The van der Waals surface area contributed by atoms with E-state index in [1.165, 1.54) is 6.92 Å². The van der Waals surface area contributed by atoms with Gasteiger partial charge in [-0.25, -0.2) is 0 Å². The summed E-state index contributed by atoms with van der Waals surface area (Å²) in [6.07, 6.45) is 0.761. The number of ether oxygens (including phenoxy) is 3. The van der Waals surface area contributed by atoms with Crippen LogP contribution in [-0.4, -0.2) is 42.1 Å². The number of hydrogen-bond donors (Lipinski definition) is 0. The number of hydrogen-bond acceptors (Lipinski definition) is 6. The van der Waals surface area contributed by atoms with Crippen molar-refractivity contribution in [2.24, 2.45) is 29.6 Å². The molecule has 3 fully saturated rings. The van der Waals surface area contributed by atoms with Crippen LogP contribution in [0.5, 0.6) is 0 Å². The first-order valence-electron chi connectivity index (χ1n) is 10.3. The minimum Gasteiger partial charge on any atom is -0.462 e. The minimum absolute atomic E-state index is 0.0140. The Kier molecular flexibility index (Phi) is 5.72. The van der Waals surface area contributed by atoms with Crippen LogP contribution in [0.4, 0.5) is 0 Å². The highest BCUT2D eigenvalue weighted by Crippen LogP contribution is 2.57. The van der Waals surface area contributed by atoms with Crippen LogP contribution in [0, 0.1) is 29.6 Å². The summed E-state index contributed by atoms with van der Waals surface area (Å²) >= 11 is 0. The van der Waals surface area contributed by atoms with E-state index >= 15 is 0 Å². The smallest absolute Gasteiger partial charge is 0.308 e. The van der Waals surface area contributed by atoms with Crippen molar-refractivity contribution < 1.29 is 28.6 Å². The van der Waals surface area contributed by atoms with E-state index in [2.05, 4.69) is 6.58 Å². The normalized spacial score (nSPS) is 39.1. The van der Waals surface area contributed by atoms with Crippen LogP contribution in [0.2, 0.25) is 0 Å². The van der Waals surface area contributed by atoms with E-state index in [9.17, 15) is 14.4 Å². The van der Waals surface area contributed by atoms with Crippen molar-refractivity contribution in [1.29, 1.82) is 0 Å². The monoisotopic (exact) mass is 392 g/mol. The first-order chi connectivity index (χ1) is 13.1. The predicted octanol–water partition coefficient (Wildman–Crippen LogP) is 3.08. The maximum absolute atomic E-state index is 12.9. The van der Waals surface area contributed by atoms with Crippen molar-refractivity contribution >= 4 is 17.7 Å². The fourth-order valence-electron chi connectivity index (χ4n) is 5.19. The Hall–Kier alpha value is -1.69. The van der Waals surface area contributed by atoms with Gasteiger partial charge < -0.3 is 14.2 Å². The molecular formula is C22H32O6. The largest absolute Gasteiger partial charge is 0.462 e. The maximum Gasteiger partial charge on any atom is 0.308 e.